The van der Waals surface area contributed by atoms with Gasteiger partial charge in [0.2, 0.25) is 5.91 Å². The topological polar surface area (TPSA) is 20.3 Å². The number of para-hydroxylation sites is 1. The molecular formula is C13H21NOSi. The van der Waals surface area contributed by atoms with Crippen LogP contribution in [0.2, 0.25) is 19.1 Å². The average Bonchev–Trinajstić information content (AvgIpc) is 2.27. The van der Waals surface area contributed by atoms with Crippen LogP contribution in [0.5, 0.6) is 0 Å². The second kappa shape index (κ2) is 5.30. The van der Waals surface area contributed by atoms with E-state index in [1.165, 1.54) is 6.04 Å². The van der Waals surface area contributed by atoms with Gasteiger partial charge in [0.15, 0.2) is 0 Å². The van der Waals surface area contributed by atoms with Gasteiger partial charge in [-0.1, -0.05) is 44.3 Å². The van der Waals surface area contributed by atoms with E-state index >= 15 is 0 Å². The molecule has 0 unspecified atom stereocenters. The Morgan fingerprint density at radius 1 is 1.25 bits per heavy atom. The van der Waals surface area contributed by atoms with Gasteiger partial charge in [0.1, 0.15) is 0 Å². The summed E-state index contributed by atoms with van der Waals surface area (Å²) in [5.41, 5.74) is 1.02. The van der Waals surface area contributed by atoms with E-state index in [0.29, 0.717) is 0 Å². The summed E-state index contributed by atoms with van der Waals surface area (Å²) in [7, 11) is -1.28. The zero-order valence-corrected chi connectivity index (χ0v) is 11.7. The number of benzene rings is 1. The second-order valence-electron chi connectivity index (χ2n) is 4.96. The number of anilines is 1. The smallest absolute Gasteiger partial charge is 0.223 e. The molecule has 2 nitrogen and oxygen atoms in total. The van der Waals surface area contributed by atoms with E-state index in [1.54, 1.807) is 6.92 Å². The molecule has 1 aromatic carbocycles. The van der Waals surface area contributed by atoms with Gasteiger partial charge >= 0.3 is 0 Å². The van der Waals surface area contributed by atoms with E-state index in [9.17, 15) is 4.79 Å². The molecule has 0 N–H and O–H groups in total. The molecular weight excluding hydrogens is 214 g/mol. The maximum Gasteiger partial charge on any atom is 0.223 e. The molecule has 1 amide bonds. The Balaban J connectivity index is 2.89. The molecule has 3 heteroatoms. The lowest BCUT2D eigenvalue weighted by atomic mass is 10.3. The van der Waals surface area contributed by atoms with Crippen LogP contribution in [0, 0.1) is 0 Å². The molecule has 0 aliphatic carbocycles. The van der Waals surface area contributed by atoms with E-state index in [4.69, 9.17) is 0 Å². The third kappa shape index (κ3) is 3.49. The molecule has 88 valence electrons. The van der Waals surface area contributed by atoms with Gasteiger partial charge in [-0.25, -0.2) is 0 Å². The van der Waals surface area contributed by atoms with Crippen LogP contribution in [0.1, 0.15) is 13.8 Å². The van der Waals surface area contributed by atoms with Crippen molar-refractivity contribution >= 4 is 19.7 Å². The molecule has 1 rings (SSSR count). The SMILES string of the molecule is CC[Si](C)(C)CN(C(C)=O)c1ccccc1. The molecule has 0 spiro atoms. The van der Waals surface area contributed by atoms with Crippen molar-refractivity contribution in [1.82, 2.24) is 0 Å². The lowest BCUT2D eigenvalue weighted by molar-refractivity contribution is -0.116. The fraction of sp³-hybridized carbons (Fsp3) is 0.462. The lowest BCUT2D eigenvalue weighted by Gasteiger charge is -2.30. The molecule has 16 heavy (non-hydrogen) atoms. The number of carbonyl (C=O) groups excluding carboxylic acids is 1. The molecule has 0 fully saturated rings. The number of hydrogen-bond donors (Lipinski definition) is 0. The first-order valence-corrected chi connectivity index (χ1v) is 9.21. The number of rotatable bonds is 4. The predicted molar refractivity (Wildman–Crippen MR) is 72.4 cm³/mol. The van der Waals surface area contributed by atoms with Crippen molar-refractivity contribution in [2.45, 2.75) is 33.0 Å². The fourth-order valence-corrected chi connectivity index (χ4v) is 3.02. The number of nitrogens with zero attached hydrogens (tertiary/aromatic N) is 1. The first-order valence-electron chi connectivity index (χ1n) is 5.79. The zero-order valence-electron chi connectivity index (χ0n) is 10.7. The third-order valence-electron chi connectivity index (χ3n) is 2.99. The molecule has 0 aliphatic heterocycles. The molecule has 1 aromatic rings. The maximum atomic E-state index is 11.7. The van der Waals surface area contributed by atoms with Gasteiger partial charge in [-0.3, -0.25) is 4.79 Å². The molecule has 0 radical (unpaired) electrons. The van der Waals surface area contributed by atoms with Crippen LogP contribution >= 0.6 is 0 Å². The van der Waals surface area contributed by atoms with Gasteiger partial charge in [-0.2, -0.15) is 0 Å². The van der Waals surface area contributed by atoms with Crippen LogP contribution in [0.4, 0.5) is 5.69 Å². The molecule has 0 saturated carbocycles. The summed E-state index contributed by atoms with van der Waals surface area (Å²) in [5.74, 6) is 0.139. The summed E-state index contributed by atoms with van der Waals surface area (Å²) in [4.78, 5) is 13.6. The highest BCUT2D eigenvalue weighted by Gasteiger charge is 2.24. The highest BCUT2D eigenvalue weighted by atomic mass is 28.3. The highest BCUT2D eigenvalue weighted by molar-refractivity contribution is 6.78. The van der Waals surface area contributed by atoms with Crippen LogP contribution < -0.4 is 4.90 Å². The van der Waals surface area contributed by atoms with E-state index in [2.05, 4.69) is 20.0 Å². The minimum atomic E-state index is -1.28. The van der Waals surface area contributed by atoms with Crippen molar-refractivity contribution in [3.05, 3.63) is 30.3 Å². The van der Waals surface area contributed by atoms with Crippen LogP contribution in [0.15, 0.2) is 30.3 Å². The Labute approximate surface area is 99.3 Å². The van der Waals surface area contributed by atoms with E-state index in [-0.39, 0.29) is 5.91 Å². The maximum absolute atomic E-state index is 11.7. The molecule has 0 saturated heterocycles. The lowest BCUT2D eigenvalue weighted by Crippen LogP contribution is -2.44. The summed E-state index contributed by atoms with van der Waals surface area (Å²) in [6.45, 7) is 8.51. The van der Waals surface area contributed by atoms with Crippen molar-refractivity contribution in [2.24, 2.45) is 0 Å². The van der Waals surface area contributed by atoms with Crippen molar-refractivity contribution in [2.75, 3.05) is 11.1 Å². The normalized spacial score (nSPS) is 11.2. The minimum absolute atomic E-state index is 0.139. The quantitative estimate of drug-likeness (QED) is 0.733. The second-order valence-corrected chi connectivity index (χ2v) is 10.3. The highest BCUT2D eigenvalue weighted by Crippen LogP contribution is 2.18. The van der Waals surface area contributed by atoms with E-state index < -0.39 is 8.07 Å². The Hall–Kier alpha value is -1.09. The van der Waals surface area contributed by atoms with Gasteiger partial charge in [-0.15, -0.1) is 0 Å². The van der Waals surface area contributed by atoms with Gasteiger partial charge in [0, 0.05) is 18.8 Å². The largest absolute Gasteiger partial charge is 0.316 e. The first-order chi connectivity index (χ1) is 7.46. The predicted octanol–water partition coefficient (Wildman–Crippen LogP) is 3.31. The molecule has 0 aliphatic rings. The molecule has 0 bridgehead atoms. The van der Waals surface area contributed by atoms with Crippen LogP contribution in [-0.4, -0.2) is 20.1 Å². The monoisotopic (exact) mass is 235 g/mol. The van der Waals surface area contributed by atoms with Crippen molar-refractivity contribution in [1.29, 1.82) is 0 Å². The minimum Gasteiger partial charge on any atom is -0.316 e. The Kier molecular flexibility index (Phi) is 4.30. The summed E-state index contributed by atoms with van der Waals surface area (Å²) < 4.78 is 0. The standard InChI is InChI=1S/C13H21NOSi/c1-5-16(3,4)11-14(12(2)15)13-9-7-6-8-10-13/h6-10H,5,11H2,1-4H3. The molecule has 0 heterocycles. The van der Waals surface area contributed by atoms with Crippen LogP contribution in [0.3, 0.4) is 0 Å². The van der Waals surface area contributed by atoms with Crippen molar-refractivity contribution < 1.29 is 4.79 Å². The van der Waals surface area contributed by atoms with Gasteiger partial charge < -0.3 is 4.90 Å². The third-order valence-corrected chi connectivity index (χ3v) is 6.08. The Morgan fingerprint density at radius 2 is 1.81 bits per heavy atom. The number of amides is 1. The zero-order chi connectivity index (χ0) is 12.2. The summed E-state index contributed by atoms with van der Waals surface area (Å²) in [5, 5.41) is 0. The summed E-state index contributed by atoms with van der Waals surface area (Å²) in [6.07, 6.45) is 0.906. The van der Waals surface area contributed by atoms with Crippen LogP contribution in [0.25, 0.3) is 0 Å². The first kappa shape index (κ1) is 13.0. The van der Waals surface area contributed by atoms with Gasteiger partial charge in [-0.05, 0) is 12.1 Å². The fourth-order valence-electron chi connectivity index (χ4n) is 1.53. The molecule has 0 aromatic heterocycles. The van der Waals surface area contributed by atoms with Crippen molar-refractivity contribution in [3.63, 3.8) is 0 Å². The van der Waals surface area contributed by atoms with E-state index in [1.807, 2.05) is 35.2 Å². The van der Waals surface area contributed by atoms with Gasteiger partial charge in [0.05, 0.1) is 8.07 Å². The van der Waals surface area contributed by atoms with Crippen molar-refractivity contribution in [3.8, 4) is 0 Å². The Bertz CT molecular complexity index is 348. The number of carbonyl (C=O) groups is 1. The molecule has 0 atom stereocenters. The Morgan fingerprint density at radius 3 is 2.25 bits per heavy atom. The summed E-state index contributed by atoms with van der Waals surface area (Å²) >= 11 is 0. The van der Waals surface area contributed by atoms with E-state index in [0.717, 1.165) is 11.9 Å². The summed E-state index contributed by atoms with van der Waals surface area (Å²) in [6, 6.07) is 11.1. The average molecular weight is 235 g/mol. The van der Waals surface area contributed by atoms with Crippen LogP contribution in [-0.2, 0) is 4.79 Å². The van der Waals surface area contributed by atoms with Gasteiger partial charge in [0.25, 0.3) is 0 Å². The number of hydrogen-bond acceptors (Lipinski definition) is 1.